The Morgan fingerprint density at radius 3 is 2.57 bits per heavy atom. The highest BCUT2D eigenvalue weighted by Crippen LogP contribution is 2.03. The van der Waals surface area contributed by atoms with Crippen molar-refractivity contribution in [3.63, 3.8) is 0 Å². The monoisotopic (exact) mass is 384 g/mol. The Kier molecular flexibility index (Phi) is 8.58. The fourth-order valence-electron chi connectivity index (χ4n) is 2.84. The van der Waals surface area contributed by atoms with Crippen LogP contribution in [0.15, 0.2) is 48.7 Å². The SMILES string of the molecule is CCN(CCN(C)Cc1ccccc1)C(=O)CNCc1cc(C(=O)O)ccn1. The van der Waals surface area contributed by atoms with E-state index in [1.165, 1.54) is 23.9 Å². The first-order chi connectivity index (χ1) is 13.5. The second kappa shape index (κ2) is 11.2. The molecule has 7 nitrogen and oxygen atoms in total. The van der Waals surface area contributed by atoms with Gasteiger partial charge >= 0.3 is 5.97 Å². The topological polar surface area (TPSA) is 85.8 Å². The van der Waals surface area contributed by atoms with Gasteiger partial charge in [0.2, 0.25) is 5.91 Å². The molecule has 28 heavy (non-hydrogen) atoms. The third-order valence-corrected chi connectivity index (χ3v) is 4.43. The number of nitrogens with zero attached hydrogens (tertiary/aromatic N) is 3. The van der Waals surface area contributed by atoms with Crippen molar-refractivity contribution in [3.8, 4) is 0 Å². The van der Waals surface area contributed by atoms with E-state index in [2.05, 4.69) is 27.3 Å². The van der Waals surface area contributed by atoms with Crippen LogP contribution in [0.5, 0.6) is 0 Å². The molecule has 0 fully saturated rings. The molecule has 2 rings (SSSR count). The lowest BCUT2D eigenvalue weighted by Crippen LogP contribution is -2.41. The van der Waals surface area contributed by atoms with Crippen LogP contribution >= 0.6 is 0 Å². The van der Waals surface area contributed by atoms with Crippen molar-refractivity contribution in [2.45, 2.75) is 20.0 Å². The van der Waals surface area contributed by atoms with Gasteiger partial charge in [-0.1, -0.05) is 30.3 Å². The standard InChI is InChI=1S/C21H28N4O3/c1-3-25(12-11-24(2)16-17-7-5-4-6-8-17)20(26)15-22-14-19-13-18(21(27)28)9-10-23-19/h4-10,13,22H,3,11-12,14-16H2,1-2H3,(H,27,28). The summed E-state index contributed by atoms with van der Waals surface area (Å²) in [5.41, 5.74) is 2.03. The highest BCUT2D eigenvalue weighted by Gasteiger charge is 2.12. The molecular formula is C21H28N4O3. The number of benzene rings is 1. The number of pyridine rings is 1. The molecule has 150 valence electrons. The van der Waals surface area contributed by atoms with E-state index in [9.17, 15) is 9.59 Å². The lowest BCUT2D eigenvalue weighted by molar-refractivity contribution is -0.130. The summed E-state index contributed by atoms with van der Waals surface area (Å²) < 4.78 is 0. The molecule has 1 aromatic heterocycles. The average molecular weight is 384 g/mol. The normalized spacial score (nSPS) is 10.8. The number of carboxylic acids is 1. The minimum absolute atomic E-state index is 0.0185. The molecule has 7 heteroatoms. The van der Waals surface area contributed by atoms with E-state index in [-0.39, 0.29) is 18.0 Å². The summed E-state index contributed by atoms with van der Waals surface area (Å²) in [6.45, 7) is 5.44. The van der Waals surface area contributed by atoms with Crippen molar-refractivity contribution < 1.29 is 14.7 Å². The molecule has 0 spiro atoms. The molecule has 0 unspecified atom stereocenters. The number of carbonyl (C=O) groups excluding carboxylic acids is 1. The van der Waals surface area contributed by atoms with Crippen molar-refractivity contribution in [2.24, 2.45) is 0 Å². The number of aromatic nitrogens is 1. The maximum Gasteiger partial charge on any atom is 0.335 e. The molecule has 0 radical (unpaired) electrons. The third-order valence-electron chi connectivity index (χ3n) is 4.43. The van der Waals surface area contributed by atoms with Crippen LogP contribution in [0.2, 0.25) is 0 Å². The van der Waals surface area contributed by atoms with Crippen molar-refractivity contribution in [1.29, 1.82) is 0 Å². The predicted octanol–water partition coefficient (Wildman–Crippen LogP) is 1.85. The summed E-state index contributed by atoms with van der Waals surface area (Å²) in [7, 11) is 2.05. The van der Waals surface area contributed by atoms with E-state index in [4.69, 9.17) is 5.11 Å². The van der Waals surface area contributed by atoms with Gasteiger partial charge in [0.05, 0.1) is 17.8 Å². The van der Waals surface area contributed by atoms with E-state index < -0.39 is 5.97 Å². The number of nitrogens with one attached hydrogen (secondary N) is 1. The van der Waals surface area contributed by atoms with Crippen molar-refractivity contribution >= 4 is 11.9 Å². The van der Waals surface area contributed by atoms with Gasteiger partial charge in [-0.25, -0.2) is 4.79 Å². The molecule has 0 aliphatic rings. The highest BCUT2D eigenvalue weighted by atomic mass is 16.4. The molecular weight excluding hydrogens is 356 g/mol. The van der Waals surface area contributed by atoms with E-state index in [0.717, 1.165) is 13.1 Å². The number of likely N-dealkylation sites (N-methyl/N-ethyl adjacent to an activating group) is 2. The Bertz CT molecular complexity index is 767. The smallest absolute Gasteiger partial charge is 0.335 e. The molecule has 0 bridgehead atoms. The Morgan fingerprint density at radius 2 is 1.89 bits per heavy atom. The minimum Gasteiger partial charge on any atom is -0.478 e. The van der Waals surface area contributed by atoms with Gasteiger partial charge < -0.3 is 20.2 Å². The van der Waals surface area contributed by atoms with E-state index in [1.807, 2.05) is 37.1 Å². The summed E-state index contributed by atoms with van der Waals surface area (Å²) in [5, 5.41) is 12.1. The largest absolute Gasteiger partial charge is 0.478 e. The first-order valence-corrected chi connectivity index (χ1v) is 9.38. The zero-order valence-corrected chi connectivity index (χ0v) is 16.5. The van der Waals surface area contributed by atoms with Gasteiger partial charge in [-0.15, -0.1) is 0 Å². The highest BCUT2D eigenvalue weighted by molar-refractivity contribution is 5.87. The van der Waals surface area contributed by atoms with Crippen LogP contribution in [0.4, 0.5) is 0 Å². The zero-order valence-electron chi connectivity index (χ0n) is 16.5. The lowest BCUT2D eigenvalue weighted by Gasteiger charge is -2.25. The molecule has 0 atom stereocenters. The van der Waals surface area contributed by atoms with Crippen LogP contribution in [-0.2, 0) is 17.9 Å². The second-order valence-corrected chi connectivity index (χ2v) is 6.64. The van der Waals surface area contributed by atoms with Gasteiger partial charge in [-0.3, -0.25) is 9.78 Å². The fraction of sp³-hybridized carbons (Fsp3) is 0.381. The van der Waals surface area contributed by atoms with E-state index >= 15 is 0 Å². The van der Waals surface area contributed by atoms with Crippen LogP contribution in [0.3, 0.4) is 0 Å². The number of amides is 1. The van der Waals surface area contributed by atoms with Crippen LogP contribution in [0.25, 0.3) is 0 Å². The number of carbonyl (C=O) groups is 2. The predicted molar refractivity (Wildman–Crippen MR) is 108 cm³/mol. The number of carboxylic acid groups (broad SMARTS) is 1. The molecule has 0 aliphatic carbocycles. The van der Waals surface area contributed by atoms with Gasteiger partial charge in [0, 0.05) is 38.9 Å². The van der Waals surface area contributed by atoms with Crippen molar-refractivity contribution in [2.75, 3.05) is 33.2 Å². The summed E-state index contributed by atoms with van der Waals surface area (Å²) in [5.74, 6) is -0.971. The van der Waals surface area contributed by atoms with Gasteiger partial charge in [0.15, 0.2) is 0 Å². The second-order valence-electron chi connectivity index (χ2n) is 6.64. The van der Waals surface area contributed by atoms with E-state index in [0.29, 0.717) is 25.3 Å². The Balaban J connectivity index is 1.75. The molecule has 0 saturated carbocycles. The van der Waals surface area contributed by atoms with Gasteiger partial charge in [0.25, 0.3) is 0 Å². The molecule has 2 aromatic rings. The number of rotatable bonds is 11. The number of hydrogen-bond donors (Lipinski definition) is 2. The summed E-state index contributed by atoms with van der Waals surface area (Å²) in [4.78, 5) is 31.6. The molecule has 2 N–H and O–H groups in total. The average Bonchev–Trinajstić information content (AvgIpc) is 2.69. The summed E-state index contributed by atoms with van der Waals surface area (Å²) in [6, 6.07) is 13.2. The number of aromatic carboxylic acids is 1. The Morgan fingerprint density at radius 1 is 1.14 bits per heavy atom. The van der Waals surface area contributed by atoms with Crippen LogP contribution in [-0.4, -0.2) is 65.0 Å². The fourth-order valence-corrected chi connectivity index (χ4v) is 2.84. The molecule has 0 aliphatic heterocycles. The van der Waals surface area contributed by atoms with Gasteiger partial charge in [-0.05, 0) is 31.7 Å². The maximum absolute atomic E-state index is 12.4. The Labute approximate surface area is 166 Å². The zero-order chi connectivity index (χ0) is 20.4. The summed E-state index contributed by atoms with van der Waals surface area (Å²) in [6.07, 6.45) is 1.46. The molecule has 1 heterocycles. The van der Waals surface area contributed by atoms with Crippen LogP contribution in [0.1, 0.15) is 28.5 Å². The summed E-state index contributed by atoms with van der Waals surface area (Å²) >= 11 is 0. The first kappa shape index (κ1) is 21.5. The molecule has 1 amide bonds. The van der Waals surface area contributed by atoms with Crippen molar-refractivity contribution in [1.82, 2.24) is 20.1 Å². The Hall–Kier alpha value is -2.77. The number of hydrogen-bond acceptors (Lipinski definition) is 5. The molecule has 0 saturated heterocycles. The maximum atomic E-state index is 12.4. The lowest BCUT2D eigenvalue weighted by atomic mass is 10.2. The van der Waals surface area contributed by atoms with Gasteiger partial charge in [0.1, 0.15) is 0 Å². The van der Waals surface area contributed by atoms with E-state index in [1.54, 1.807) is 0 Å². The van der Waals surface area contributed by atoms with Crippen LogP contribution in [0, 0.1) is 0 Å². The minimum atomic E-state index is -0.989. The van der Waals surface area contributed by atoms with Crippen molar-refractivity contribution in [3.05, 3.63) is 65.5 Å². The quantitative estimate of drug-likeness (QED) is 0.615. The molecule has 1 aromatic carbocycles. The third kappa shape index (κ3) is 7.09. The van der Waals surface area contributed by atoms with Crippen LogP contribution < -0.4 is 5.32 Å². The van der Waals surface area contributed by atoms with Gasteiger partial charge in [-0.2, -0.15) is 0 Å². The first-order valence-electron chi connectivity index (χ1n) is 9.38.